The van der Waals surface area contributed by atoms with E-state index >= 15 is 0 Å². The zero-order valence-corrected chi connectivity index (χ0v) is 17.2. The largest absolute Gasteiger partial charge is 0.461 e. The normalized spacial score (nSPS) is 11.6. The molecule has 0 unspecified atom stereocenters. The minimum atomic E-state index is -0.532. The van der Waals surface area contributed by atoms with Gasteiger partial charge in [0.2, 0.25) is 5.91 Å². The molecular formula is C24H27N3O3. The molecule has 6 nitrogen and oxygen atoms in total. The van der Waals surface area contributed by atoms with E-state index in [1.807, 2.05) is 72.9 Å². The Bertz CT molecular complexity index is 911. The summed E-state index contributed by atoms with van der Waals surface area (Å²) in [6.07, 6.45) is 4.14. The Hall–Kier alpha value is -3.41. The van der Waals surface area contributed by atoms with E-state index in [-0.39, 0.29) is 24.9 Å². The van der Waals surface area contributed by atoms with Crippen molar-refractivity contribution in [3.63, 3.8) is 0 Å². The summed E-state index contributed by atoms with van der Waals surface area (Å²) in [6.45, 7) is 1.34. The summed E-state index contributed by atoms with van der Waals surface area (Å²) < 4.78 is 7.32. The lowest BCUT2D eigenvalue weighted by Crippen LogP contribution is -2.34. The maximum absolute atomic E-state index is 12.8. The lowest BCUT2D eigenvalue weighted by molar-refractivity contribution is -0.152. The molecule has 1 amide bonds. The average Bonchev–Trinajstić information content (AvgIpc) is 3.30. The lowest BCUT2D eigenvalue weighted by atomic mass is 9.95. The van der Waals surface area contributed by atoms with E-state index in [9.17, 15) is 9.59 Å². The number of ether oxygens (including phenoxy) is 1. The summed E-state index contributed by atoms with van der Waals surface area (Å²) in [7, 11) is 1.75. The van der Waals surface area contributed by atoms with Gasteiger partial charge >= 0.3 is 5.97 Å². The number of rotatable bonds is 10. The molecule has 6 heteroatoms. The summed E-state index contributed by atoms with van der Waals surface area (Å²) in [4.78, 5) is 27.2. The highest BCUT2D eigenvalue weighted by molar-refractivity contribution is 5.83. The quantitative estimate of drug-likeness (QED) is 0.486. The summed E-state index contributed by atoms with van der Waals surface area (Å²) in [5.41, 5.74) is 1.93. The van der Waals surface area contributed by atoms with E-state index < -0.39 is 5.92 Å². The molecule has 0 aliphatic heterocycles. The van der Waals surface area contributed by atoms with Gasteiger partial charge in [0.05, 0.1) is 12.5 Å². The smallest absolute Gasteiger partial charge is 0.310 e. The molecule has 0 aliphatic carbocycles. The van der Waals surface area contributed by atoms with Gasteiger partial charge in [-0.1, -0.05) is 60.7 Å². The molecule has 0 bridgehead atoms. The van der Waals surface area contributed by atoms with Crippen LogP contribution in [-0.2, 0) is 33.9 Å². The van der Waals surface area contributed by atoms with Crippen LogP contribution in [0.5, 0.6) is 0 Å². The number of carbonyl (C=O) groups excluding carboxylic acids is 2. The molecule has 2 aromatic carbocycles. The number of benzene rings is 2. The van der Waals surface area contributed by atoms with Crippen molar-refractivity contribution in [3.05, 3.63) is 90.3 Å². The van der Waals surface area contributed by atoms with Gasteiger partial charge in [0.25, 0.3) is 0 Å². The molecule has 1 heterocycles. The first-order valence-corrected chi connectivity index (χ1v) is 10.1. The Morgan fingerprint density at radius 1 is 1.00 bits per heavy atom. The molecule has 30 heavy (non-hydrogen) atoms. The van der Waals surface area contributed by atoms with E-state index in [4.69, 9.17) is 4.74 Å². The molecule has 3 aromatic rings. The molecule has 0 spiro atoms. The van der Waals surface area contributed by atoms with Crippen LogP contribution >= 0.6 is 0 Å². The molecule has 0 saturated heterocycles. The summed E-state index contributed by atoms with van der Waals surface area (Å²) in [5.74, 6) is -0.966. The Labute approximate surface area is 177 Å². The third-order valence-corrected chi connectivity index (χ3v) is 4.95. The number of nitrogens with zero attached hydrogens (tertiary/aromatic N) is 3. The predicted octanol–water partition coefficient (Wildman–Crippen LogP) is 3.33. The molecule has 3 rings (SSSR count). The highest BCUT2D eigenvalue weighted by Crippen LogP contribution is 2.17. The number of hydrogen-bond acceptors (Lipinski definition) is 4. The van der Waals surface area contributed by atoms with E-state index in [0.717, 1.165) is 11.1 Å². The highest BCUT2D eigenvalue weighted by atomic mass is 16.5. The maximum atomic E-state index is 12.8. The van der Waals surface area contributed by atoms with Crippen molar-refractivity contribution >= 4 is 11.9 Å². The lowest BCUT2D eigenvalue weighted by Gasteiger charge is -2.21. The van der Waals surface area contributed by atoms with Gasteiger partial charge in [-0.3, -0.25) is 14.3 Å². The van der Waals surface area contributed by atoms with Crippen LogP contribution in [0.4, 0.5) is 0 Å². The van der Waals surface area contributed by atoms with Gasteiger partial charge in [-0.25, -0.2) is 0 Å². The van der Waals surface area contributed by atoms with Gasteiger partial charge in [-0.05, 0) is 23.6 Å². The number of hydrogen-bond donors (Lipinski definition) is 0. The van der Waals surface area contributed by atoms with Crippen molar-refractivity contribution in [1.82, 2.24) is 14.7 Å². The Kier molecular flexibility index (Phi) is 7.78. The Morgan fingerprint density at radius 3 is 2.30 bits per heavy atom. The topological polar surface area (TPSA) is 64.4 Å². The SMILES string of the molecule is CN(CCn1cccn1)C(=O)C[C@@H](Cc1ccccc1)C(=O)OCc1ccccc1. The van der Waals surface area contributed by atoms with E-state index in [1.54, 1.807) is 22.8 Å². The zero-order chi connectivity index (χ0) is 21.2. The van der Waals surface area contributed by atoms with Crippen molar-refractivity contribution in [2.45, 2.75) is 26.0 Å². The van der Waals surface area contributed by atoms with Crippen molar-refractivity contribution in [2.24, 2.45) is 5.92 Å². The zero-order valence-electron chi connectivity index (χ0n) is 17.2. The average molecular weight is 405 g/mol. The number of esters is 1. The van der Waals surface area contributed by atoms with E-state index in [1.165, 1.54) is 0 Å². The second kappa shape index (κ2) is 11.0. The highest BCUT2D eigenvalue weighted by Gasteiger charge is 2.25. The van der Waals surface area contributed by atoms with Crippen molar-refractivity contribution < 1.29 is 14.3 Å². The fourth-order valence-corrected chi connectivity index (χ4v) is 3.16. The first-order chi connectivity index (χ1) is 14.6. The van der Waals surface area contributed by atoms with Crippen LogP contribution < -0.4 is 0 Å². The van der Waals surface area contributed by atoms with Crippen LogP contribution in [0.15, 0.2) is 79.1 Å². The van der Waals surface area contributed by atoms with Crippen LogP contribution in [0.25, 0.3) is 0 Å². The Balaban J connectivity index is 1.60. The van der Waals surface area contributed by atoms with Crippen LogP contribution in [0, 0.1) is 5.92 Å². The molecule has 1 aromatic heterocycles. The Morgan fingerprint density at radius 2 is 1.67 bits per heavy atom. The molecule has 0 saturated carbocycles. The molecule has 0 radical (unpaired) electrons. The molecule has 0 aliphatic rings. The molecular weight excluding hydrogens is 378 g/mol. The van der Waals surface area contributed by atoms with Crippen LogP contribution in [0.1, 0.15) is 17.5 Å². The van der Waals surface area contributed by atoms with E-state index in [2.05, 4.69) is 5.10 Å². The van der Waals surface area contributed by atoms with Gasteiger partial charge in [0.1, 0.15) is 6.61 Å². The molecule has 1 atom stereocenters. The van der Waals surface area contributed by atoms with Crippen LogP contribution in [0.3, 0.4) is 0 Å². The van der Waals surface area contributed by atoms with E-state index in [0.29, 0.717) is 19.5 Å². The molecule has 0 fully saturated rings. The second-order valence-corrected chi connectivity index (χ2v) is 7.27. The third-order valence-electron chi connectivity index (χ3n) is 4.95. The maximum Gasteiger partial charge on any atom is 0.310 e. The van der Waals surface area contributed by atoms with Gasteiger partial charge in [0, 0.05) is 32.4 Å². The fraction of sp³-hybridized carbons (Fsp3) is 0.292. The number of aromatic nitrogens is 2. The van der Waals surface area contributed by atoms with Gasteiger partial charge in [0.15, 0.2) is 0 Å². The van der Waals surface area contributed by atoms with Crippen molar-refractivity contribution in [1.29, 1.82) is 0 Å². The van der Waals surface area contributed by atoms with Crippen LogP contribution in [-0.4, -0.2) is 40.1 Å². The van der Waals surface area contributed by atoms with Crippen molar-refractivity contribution in [2.75, 3.05) is 13.6 Å². The second-order valence-electron chi connectivity index (χ2n) is 7.27. The minimum Gasteiger partial charge on any atom is -0.461 e. The first-order valence-electron chi connectivity index (χ1n) is 10.1. The molecule has 156 valence electrons. The number of amides is 1. The standard InChI is InChI=1S/C24H27N3O3/c1-26(15-16-27-14-8-13-25-27)23(28)18-22(17-20-9-4-2-5-10-20)24(29)30-19-21-11-6-3-7-12-21/h2-14,22H,15-19H2,1H3/t22-/m1/s1. The summed E-state index contributed by atoms with van der Waals surface area (Å²) in [6, 6.07) is 21.1. The molecule has 0 N–H and O–H groups in total. The van der Waals surface area contributed by atoms with Crippen LogP contribution in [0.2, 0.25) is 0 Å². The number of likely N-dealkylation sites (N-methyl/N-ethyl adjacent to an activating group) is 1. The first kappa shape index (κ1) is 21.3. The predicted molar refractivity (Wildman–Crippen MR) is 114 cm³/mol. The minimum absolute atomic E-state index is 0.0836. The number of carbonyl (C=O) groups is 2. The van der Waals surface area contributed by atoms with Gasteiger partial charge in [-0.15, -0.1) is 0 Å². The fourth-order valence-electron chi connectivity index (χ4n) is 3.16. The van der Waals surface area contributed by atoms with Gasteiger partial charge in [-0.2, -0.15) is 5.10 Å². The summed E-state index contributed by atoms with van der Waals surface area (Å²) in [5, 5.41) is 4.15. The monoisotopic (exact) mass is 405 g/mol. The summed E-state index contributed by atoms with van der Waals surface area (Å²) >= 11 is 0. The van der Waals surface area contributed by atoms with Gasteiger partial charge < -0.3 is 9.64 Å². The third kappa shape index (κ3) is 6.58. The van der Waals surface area contributed by atoms with Crippen molar-refractivity contribution in [3.8, 4) is 0 Å².